The Balaban J connectivity index is 0.00000121. The van der Waals surface area contributed by atoms with Crippen LogP contribution in [0.1, 0.15) is 41.3 Å². The van der Waals surface area contributed by atoms with Crippen LogP contribution in [0.5, 0.6) is 0 Å². The Bertz CT molecular complexity index is 510. The summed E-state index contributed by atoms with van der Waals surface area (Å²) in [7, 11) is 0. The Kier molecular flexibility index (Phi) is 7.63. The van der Waals surface area contributed by atoms with Crippen molar-refractivity contribution in [2.45, 2.75) is 38.9 Å². The maximum Gasteiger partial charge on any atom is 0.251 e. The third-order valence-electron chi connectivity index (χ3n) is 4.39. The molecule has 0 radical (unpaired) electrons. The summed E-state index contributed by atoms with van der Waals surface area (Å²) in [5.74, 6) is 0.0719. The number of piperidine rings is 1. The topological polar surface area (TPSA) is 44.4 Å². The van der Waals surface area contributed by atoms with Crippen molar-refractivity contribution in [3.63, 3.8) is 0 Å². The normalized spacial score (nSPS) is 20.5. The first-order chi connectivity index (χ1) is 9.76. The molecule has 1 atom stereocenters. The molecule has 0 spiro atoms. The van der Waals surface area contributed by atoms with Crippen LogP contribution in [-0.4, -0.2) is 36.5 Å². The molecule has 22 heavy (non-hydrogen) atoms. The molecular weight excluding hydrogens is 321 g/mol. The fraction of sp³-hybridized carbons (Fsp3) is 0.562. The van der Waals surface area contributed by atoms with Crippen LogP contribution in [0.15, 0.2) is 18.2 Å². The molecule has 0 saturated carbocycles. The van der Waals surface area contributed by atoms with E-state index in [0.717, 1.165) is 44.7 Å². The highest BCUT2D eigenvalue weighted by Gasteiger charge is 2.21. The van der Waals surface area contributed by atoms with Gasteiger partial charge in [0.1, 0.15) is 0 Å². The zero-order valence-electron chi connectivity index (χ0n) is 12.9. The summed E-state index contributed by atoms with van der Waals surface area (Å²) in [5, 5.41) is 6.50. The summed E-state index contributed by atoms with van der Waals surface area (Å²) in [6.07, 6.45) is 2.27. The molecule has 1 amide bonds. The molecule has 2 N–H and O–H groups in total. The van der Waals surface area contributed by atoms with Gasteiger partial charge in [0.25, 0.3) is 5.91 Å². The van der Waals surface area contributed by atoms with Crippen LogP contribution < -0.4 is 10.6 Å². The van der Waals surface area contributed by atoms with Crippen LogP contribution in [0.2, 0.25) is 0 Å². The van der Waals surface area contributed by atoms with Crippen LogP contribution in [0.3, 0.4) is 0 Å². The van der Waals surface area contributed by atoms with Gasteiger partial charge in [0, 0.05) is 31.2 Å². The van der Waals surface area contributed by atoms with Gasteiger partial charge in [-0.05, 0) is 49.2 Å². The van der Waals surface area contributed by atoms with Crippen LogP contribution in [0.25, 0.3) is 0 Å². The average Bonchev–Trinajstić information content (AvgIpc) is 2.94. The van der Waals surface area contributed by atoms with E-state index in [4.69, 9.17) is 0 Å². The third kappa shape index (κ3) is 4.35. The number of hydrogen-bond acceptors (Lipinski definition) is 3. The predicted molar refractivity (Wildman–Crippen MR) is 94.1 cm³/mol. The quantitative estimate of drug-likeness (QED) is 0.883. The predicted octanol–water partition coefficient (Wildman–Crippen LogP) is 2.35. The second-order valence-electron chi connectivity index (χ2n) is 5.79. The van der Waals surface area contributed by atoms with Gasteiger partial charge in [-0.25, -0.2) is 0 Å². The van der Waals surface area contributed by atoms with Crippen molar-refractivity contribution >= 4 is 30.7 Å². The highest BCUT2D eigenvalue weighted by atomic mass is 35.5. The minimum atomic E-state index is 0. The number of nitrogens with one attached hydrogen (secondary N) is 2. The number of carbonyl (C=O) groups is 1. The fourth-order valence-corrected chi connectivity index (χ4v) is 3.17. The summed E-state index contributed by atoms with van der Waals surface area (Å²) in [5.41, 5.74) is 3.37. The molecule has 2 aliphatic heterocycles. The molecule has 1 fully saturated rings. The second-order valence-corrected chi connectivity index (χ2v) is 5.79. The molecule has 2 heterocycles. The largest absolute Gasteiger partial charge is 0.348 e. The van der Waals surface area contributed by atoms with E-state index < -0.39 is 0 Å². The van der Waals surface area contributed by atoms with Crippen molar-refractivity contribution < 1.29 is 4.79 Å². The number of likely N-dealkylation sites (N-methyl/N-ethyl adjacent to an activating group) is 1. The van der Waals surface area contributed by atoms with E-state index in [2.05, 4.69) is 28.5 Å². The van der Waals surface area contributed by atoms with Crippen LogP contribution in [0, 0.1) is 0 Å². The van der Waals surface area contributed by atoms with E-state index in [1.165, 1.54) is 17.5 Å². The lowest BCUT2D eigenvalue weighted by Gasteiger charge is -2.32. The van der Waals surface area contributed by atoms with Gasteiger partial charge in [-0.1, -0.05) is 13.0 Å². The van der Waals surface area contributed by atoms with Crippen molar-refractivity contribution in [3.05, 3.63) is 34.9 Å². The van der Waals surface area contributed by atoms with Crippen LogP contribution >= 0.6 is 24.8 Å². The zero-order chi connectivity index (χ0) is 13.9. The summed E-state index contributed by atoms with van der Waals surface area (Å²) in [6.45, 7) is 7.19. The molecule has 124 valence electrons. The summed E-state index contributed by atoms with van der Waals surface area (Å²) in [4.78, 5) is 14.8. The second kappa shape index (κ2) is 8.73. The number of rotatable bonds is 3. The minimum absolute atomic E-state index is 0. The standard InChI is InChI=1S/C16H23N3O.2ClH/c1-2-19-7-3-4-15(11-19)18-16(20)12-5-6-13-9-17-10-14(13)8-12;;/h5-6,8,15,17H,2-4,7,9-11H2,1H3,(H,18,20);2*1H. The van der Waals surface area contributed by atoms with E-state index >= 15 is 0 Å². The lowest BCUT2D eigenvalue weighted by Crippen LogP contribution is -2.47. The lowest BCUT2D eigenvalue weighted by molar-refractivity contribution is 0.0906. The number of carbonyl (C=O) groups excluding carboxylic acids is 1. The average molecular weight is 346 g/mol. The molecule has 0 aromatic heterocycles. The number of hydrogen-bond donors (Lipinski definition) is 2. The molecule has 1 unspecified atom stereocenters. The van der Waals surface area contributed by atoms with Crippen molar-refractivity contribution in [1.82, 2.24) is 15.5 Å². The maximum absolute atomic E-state index is 12.4. The molecule has 1 aromatic rings. The highest BCUT2D eigenvalue weighted by Crippen LogP contribution is 2.17. The van der Waals surface area contributed by atoms with Gasteiger partial charge in [-0.2, -0.15) is 0 Å². The van der Waals surface area contributed by atoms with E-state index in [1.807, 2.05) is 12.1 Å². The highest BCUT2D eigenvalue weighted by molar-refractivity contribution is 5.94. The van der Waals surface area contributed by atoms with E-state index in [9.17, 15) is 4.79 Å². The van der Waals surface area contributed by atoms with Crippen LogP contribution in [-0.2, 0) is 13.1 Å². The van der Waals surface area contributed by atoms with Gasteiger partial charge in [-0.3, -0.25) is 4.79 Å². The third-order valence-corrected chi connectivity index (χ3v) is 4.39. The Hall–Kier alpha value is -0.810. The molecule has 4 nitrogen and oxygen atoms in total. The molecule has 0 aliphatic carbocycles. The van der Waals surface area contributed by atoms with E-state index in [0.29, 0.717) is 6.04 Å². The summed E-state index contributed by atoms with van der Waals surface area (Å²) < 4.78 is 0. The molecule has 2 aliphatic rings. The molecule has 3 rings (SSSR count). The number of fused-ring (bicyclic) bond motifs is 1. The monoisotopic (exact) mass is 345 g/mol. The Morgan fingerprint density at radius 1 is 1.32 bits per heavy atom. The van der Waals surface area contributed by atoms with Gasteiger partial charge in [0.05, 0.1) is 0 Å². The van der Waals surface area contributed by atoms with Crippen molar-refractivity contribution in [2.75, 3.05) is 19.6 Å². The first-order valence-corrected chi connectivity index (χ1v) is 7.62. The number of benzene rings is 1. The first kappa shape index (κ1) is 19.2. The lowest BCUT2D eigenvalue weighted by atomic mass is 10.0. The smallest absolute Gasteiger partial charge is 0.251 e. The Morgan fingerprint density at radius 3 is 2.86 bits per heavy atom. The minimum Gasteiger partial charge on any atom is -0.348 e. The molecule has 1 saturated heterocycles. The molecular formula is C16H25Cl2N3O. The molecule has 0 bridgehead atoms. The van der Waals surface area contributed by atoms with Crippen LogP contribution in [0.4, 0.5) is 0 Å². The van der Waals surface area contributed by atoms with Gasteiger partial charge in [0.2, 0.25) is 0 Å². The van der Waals surface area contributed by atoms with E-state index in [-0.39, 0.29) is 30.7 Å². The molecule has 6 heteroatoms. The van der Waals surface area contributed by atoms with Crippen molar-refractivity contribution in [3.8, 4) is 0 Å². The van der Waals surface area contributed by atoms with Gasteiger partial charge in [0.15, 0.2) is 0 Å². The fourth-order valence-electron chi connectivity index (χ4n) is 3.17. The zero-order valence-corrected chi connectivity index (χ0v) is 14.6. The van der Waals surface area contributed by atoms with Crippen molar-refractivity contribution in [1.29, 1.82) is 0 Å². The number of amides is 1. The van der Waals surface area contributed by atoms with E-state index in [1.54, 1.807) is 0 Å². The maximum atomic E-state index is 12.4. The SMILES string of the molecule is CCN1CCCC(NC(=O)c2ccc3c(c2)CNC3)C1.Cl.Cl. The number of likely N-dealkylation sites (tertiary alicyclic amines) is 1. The van der Waals surface area contributed by atoms with Gasteiger partial charge in [-0.15, -0.1) is 24.8 Å². The summed E-state index contributed by atoms with van der Waals surface area (Å²) in [6, 6.07) is 6.35. The Labute approximate surface area is 144 Å². The number of halogens is 2. The van der Waals surface area contributed by atoms with Crippen molar-refractivity contribution in [2.24, 2.45) is 0 Å². The number of nitrogens with zero attached hydrogens (tertiary/aromatic N) is 1. The first-order valence-electron chi connectivity index (χ1n) is 7.62. The Morgan fingerprint density at radius 2 is 2.09 bits per heavy atom. The van der Waals surface area contributed by atoms with Gasteiger partial charge >= 0.3 is 0 Å². The summed E-state index contributed by atoms with van der Waals surface area (Å²) >= 11 is 0. The van der Waals surface area contributed by atoms with Gasteiger partial charge < -0.3 is 15.5 Å². The molecule has 1 aromatic carbocycles.